The Hall–Kier alpha value is -1.75. The fourth-order valence-electron chi connectivity index (χ4n) is 1.77. The lowest BCUT2D eigenvalue weighted by Crippen LogP contribution is -2.28. The largest absolute Gasteiger partial charge is 0.497 e. The Morgan fingerprint density at radius 3 is 2.53 bits per heavy atom. The first-order valence-corrected chi connectivity index (χ1v) is 6.86. The van der Waals surface area contributed by atoms with Gasteiger partial charge in [-0.1, -0.05) is 19.1 Å². The van der Waals surface area contributed by atoms with Crippen LogP contribution in [0.15, 0.2) is 29.2 Å². The first-order valence-electron chi connectivity index (χ1n) is 6.05. The van der Waals surface area contributed by atoms with Crippen LogP contribution in [-0.2, 0) is 4.79 Å². The minimum atomic E-state index is -0.201. The van der Waals surface area contributed by atoms with E-state index in [-0.39, 0.29) is 11.1 Å². The Balaban J connectivity index is 2.19. The monoisotopic (exact) mass is 277 g/mol. The molecule has 2 rings (SSSR count). The van der Waals surface area contributed by atoms with Crippen LogP contribution in [0.1, 0.15) is 18.9 Å². The second-order valence-electron chi connectivity index (χ2n) is 4.11. The standard InChI is InChI=1S/C14H15NO3S/c1-3-8-15-13(16)12(19-14(15)17)9-10-4-6-11(18-2)7-5-10/h4-7,9H,3,8H2,1-2H3/b12-9+. The van der Waals surface area contributed by atoms with Gasteiger partial charge in [0.05, 0.1) is 12.0 Å². The minimum Gasteiger partial charge on any atom is -0.497 e. The number of hydrogen-bond donors (Lipinski definition) is 0. The summed E-state index contributed by atoms with van der Waals surface area (Å²) in [6, 6.07) is 7.35. The Kier molecular flexibility index (Phi) is 4.27. The highest BCUT2D eigenvalue weighted by molar-refractivity contribution is 8.18. The fourth-order valence-corrected chi connectivity index (χ4v) is 2.63. The van der Waals surface area contributed by atoms with E-state index in [0.717, 1.165) is 29.5 Å². The van der Waals surface area contributed by atoms with Crippen molar-refractivity contribution in [2.75, 3.05) is 13.7 Å². The van der Waals surface area contributed by atoms with Crippen LogP contribution >= 0.6 is 11.8 Å². The van der Waals surface area contributed by atoms with Crippen molar-refractivity contribution in [2.24, 2.45) is 0 Å². The topological polar surface area (TPSA) is 46.6 Å². The molecular weight excluding hydrogens is 262 g/mol. The Labute approximate surface area is 116 Å². The third-order valence-electron chi connectivity index (χ3n) is 2.73. The normalized spacial score (nSPS) is 17.4. The minimum absolute atomic E-state index is 0.188. The number of nitrogens with zero attached hydrogens (tertiary/aromatic N) is 1. The molecule has 1 saturated heterocycles. The van der Waals surface area contributed by atoms with Gasteiger partial charge in [-0.05, 0) is 42.0 Å². The second kappa shape index (κ2) is 5.93. The van der Waals surface area contributed by atoms with Crippen LogP contribution in [0.4, 0.5) is 4.79 Å². The van der Waals surface area contributed by atoms with E-state index in [1.807, 2.05) is 31.2 Å². The highest BCUT2D eigenvalue weighted by Crippen LogP contribution is 2.32. The molecule has 0 spiro atoms. The summed E-state index contributed by atoms with van der Waals surface area (Å²) in [6.45, 7) is 2.42. The maximum atomic E-state index is 12.0. The van der Waals surface area contributed by atoms with Crippen molar-refractivity contribution >= 4 is 29.0 Å². The molecule has 0 N–H and O–H groups in total. The molecule has 0 atom stereocenters. The van der Waals surface area contributed by atoms with Gasteiger partial charge in [-0.15, -0.1) is 0 Å². The summed E-state index contributed by atoms with van der Waals surface area (Å²) < 4.78 is 5.07. The van der Waals surface area contributed by atoms with Crippen molar-refractivity contribution in [1.82, 2.24) is 4.90 Å². The second-order valence-corrected chi connectivity index (χ2v) is 5.10. The molecule has 5 heteroatoms. The summed E-state index contributed by atoms with van der Waals surface area (Å²) in [6.07, 6.45) is 2.51. The number of hydrogen-bond acceptors (Lipinski definition) is 4. The van der Waals surface area contributed by atoms with E-state index < -0.39 is 0 Å². The number of amides is 2. The Morgan fingerprint density at radius 2 is 1.95 bits per heavy atom. The lowest BCUT2D eigenvalue weighted by Gasteiger charge is -2.09. The van der Waals surface area contributed by atoms with Crippen LogP contribution in [0.3, 0.4) is 0 Å². The maximum absolute atomic E-state index is 12.0. The van der Waals surface area contributed by atoms with Gasteiger partial charge >= 0.3 is 0 Å². The number of methoxy groups -OCH3 is 1. The van der Waals surface area contributed by atoms with E-state index in [0.29, 0.717) is 11.4 Å². The van der Waals surface area contributed by atoms with Gasteiger partial charge < -0.3 is 4.74 Å². The maximum Gasteiger partial charge on any atom is 0.293 e. The van der Waals surface area contributed by atoms with Crippen molar-refractivity contribution in [2.45, 2.75) is 13.3 Å². The van der Waals surface area contributed by atoms with Gasteiger partial charge in [-0.3, -0.25) is 14.5 Å². The van der Waals surface area contributed by atoms with Gasteiger partial charge in [0.15, 0.2) is 0 Å². The predicted octanol–water partition coefficient (Wildman–Crippen LogP) is 3.14. The SMILES string of the molecule is CCCN1C(=O)S/C(=C/c2ccc(OC)cc2)C1=O. The molecule has 4 nitrogen and oxygen atoms in total. The smallest absolute Gasteiger partial charge is 0.293 e. The molecule has 2 amide bonds. The van der Waals surface area contributed by atoms with Crippen LogP contribution in [0.25, 0.3) is 6.08 Å². The number of carbonyl (C=O) groups is 2. The van der Waals surface area contributed by atoms with Crippen molar-refractivity contribution in [3.05, 3.63) is 34.7 Å². The Bertz CT molecular complexity index is 522. The number of carbonyl (C=O) groups excluding carboxylic acids is 2. The van der Waals surface area contributed by atoms with Gasteiger partial charge in [-0.2, -0.15) is 0 Å². The fraction of sp³-hybridized carbons (Fsp3) is 0.286. The summed E-state index contributed by atoms with van der Waals surface area (Å²) in [5, 5.41) is -0.188. The number of ether oxygens (including phenoxy) is 1. The number of rotatable bonds is 4. The molecule has 1 heterocycles. The van der Waals surface area contributed by atoms with Crippen molar-refractivity contribution < 1.29 is 14.3 Å². The quantitative estimate of drug-likeness (QED) is 0.793. The molecule has 1 aliphatic rings. The van der Waals surface area contributed by atoms with E-state index in [4.69, 9.17) is 4.74 Å². The zero-order valence-corrected chi connectivity index (χ0v) is 11.7. The molecule has 0 bridgehead atoms. The molecule has 1 fully saturated rings. The molecule has 1 aromatic carbocycles. The predicted molar refractivity (Wildman–Crippen MR) is 76.0 cm³/mol. The summed E-state index contributed by atoms with van der Waals surface area (Å²) in [4.78, 5) is 25.5. The lowest BCUT2D eigenvalue weighted by atomic mass is 10.2. The molecule has 1 aromatic rings. The molecule has 0 saturated carbocycles. The van der Waals surface area contributed by atoms with Gasteiger partial charge in [0, 0.05) is 6.54 Å². The molecule has 100 valence electrons. The summed E-state index contributed by atoms with van der Waals surface area (Å²) in [5.74, 6) is 0.559. The van der Waals surface area contributed by atoms with Crippen LogP contribution in [0.5, 0.6) is 5.75 Å². The Morgan fingerprint density at radius 1 is 1.26 bits per heavy atom. The first kappa shape index (κ1) is 13.7. The van der Waals surface area contributed by atoms with E-state index in [1.54, 1.807) is 13.2 Å². The summed E-state index contributed by atoms with van der Waals surface area (Å²) >= 11 is 0.994. The molecule has 0 aromatic heterocycles. The number of thioether (sulfide) groups is 1. The molecule has 19 heavy (non-hydrogen) atoms. The molecule has 1 aliphatic heterocycles. The van der Waals surface area contributed by atoms with E-state index in [9.17, 15) is 9.59 Å². The lowest BCUT2D eigenvalue weighted by molar-refractivity contribution is -0.122. The molecule has 0 radical (unpaired) electrons. The van der Waals surface area contributed by atoms with Gasteiger partial charge in [-0.25, -0.2) is 0 Å². The molecule has 0 aliphatic carbocycles. The summed E-state index contributed by atoms with van der Waals surface area (Å²) in [7, 11) is 1.60. The molecular formula is C14H15NO3S. The number of benzene rings is 1. The van der Waals surface area contributed by atoms with Crippen molar-refractivity contribution in [1.29, 1.82) is 0 Å². The van der Waals surface area contributed by atoms with Crippen molar-refractivity contribution in [3.8, 4) is 5.75 Å². The van der Waals surface area contributed by atoms with E-state index >= 15 is 0 Å². The van der Waals surface area contributed by atoms with E-state index in [2.05, 4.69) is 0 Å². The first-order chi connectivity index (χ1) is 9.15. The highest BCUT2D eigenvalue weighted by Gasteiger charge is 2.34. The van der Waals surface area contributed by atoms with Crippen molar-refractivity contribution in [3.63, 3.8) is 0 Å². The van der Waals surface area contributed by atoms with Crippen LogP contribution in [0, 0.1) is 0 Å². The zero-order chi connectivity index (χ0) is 13.8. The molecule has 0 unspecified atom stereocenters. The number of imide groups is 1. The third-order valence-corrected chi connectivity index (χ3v) is 3.64. The van der Waals surface area contributed by atoms with Crippen LogP contribution < -0.4 is 4.74 Å². The van der Waals surface area contributed by atoms with Gasteiger partial charge in [0.2, 0.25) is 0 Å². The van der Waals surface area contributed by atoms with Gasteiger partial charge in [0.25, 0.3) is 11.1 Å². The zero-order valence-electron chi connectivity index (χ0n) is 10.9. The highest BCUT2D eigenvalue weighted by atomic mass is 32.2. The van der Waals surface area contributed by atoms with E-state index in [1.165, 1.54) is 4.90 Å². The average Bonchev–Trinajstić information content (AvgIpc) is 2.68. The third kappa shape index (κ3) is 2.98. The summed E-state index contributed by atoms with van der Waals surface area (Å²) in [5.41, 5.74) is 0.878. The van der Waals surface area contributed by atoms with Crippen LogP contribution in [-0.4, -0.2) is 29.7 Å². The van der Waals surface area contributed by atoms with Crippen LogP contribution in [0.2, 0.25) is 0 Å². The average molecular weight is 277 g/mol. The van der Waals surface area contributed by atoms with Gasteiger partial charge in [0.1, 0.15) is 5.75 Å².